The van der Waals surface area contributed by atoms with Crippen molar-refractivity contribution in [2.75, 3.05) is 25.5 Å². The van der Waals surface area contributed by atoms with Gasteiger partial charge < -0.3 is 14.8 Å². The molecule has 5 aliphatic rings. The van der Waals surface area contributed by atoms with Crippen molar-refractivity contribution in [1.29, 1.82) is 0 Å². The number of thioether (sulfide) groups is 1. The van der Waals surface area contributed by atoms with Crippen molar-refractivity contribution in [3.8, 4) is 11.5 Å². The minimum absolute atomic E-state index is 0.153. The van der Waals surface area contributed by atoms with Crippen LogP contribution in [-0.2, 0) is 4.79 Å². The number of rotatable bonds is 5. The van der Waals surface area contributed by atoms with Crippen LogP contribution in [0.4, 0.5) is 0 Å². The number of hydrogen-bond donors (Lipinski definition) is 1. The van der Waals surface area contributed by atoms with Crippen LogP contribution in [0.2, 0.25) is 0 Å². The van der Waals surface area contributed by atoms with Crippen LogP contribution in [0.15, 0.2) is 23.1 Å². The predicted molar refractivity (Wildman–Crippen MR) is 102 cm³/mol. The van der Waals surface area contributed by atoms with E-state index in [-0.39, 0.29) is 5.91 Å². The normalized spacial score (nSPS) is 33.9. The third-order valence-corrected chi connectivity index (χ3v) is 7.70. The fraction of sp³-hybridized carbons (Fsp3) is 0.667. The van der Waals surface area contributed by atoms with Gasteiger partial charge in [0.1, 0.15) is 13.2 Å². The molecule has 1 amide bonds. The number of hydrogen-bond acceptors (Lipinski definition) is 4. The number of ether oxygens (including phenoxy) is 2. The summed E-state index contributed by atoms with van der Waals surface area (Å²) in [6.45, 7) is 2.08. The zero-order valence-electron chi connectivity index (χ0n) is 15.2. The molecule has 0 aromatic heterocycles. The summed E-state index contributed by atoms with van der Waals surface area (Å²) < 4.78 is 11.2. The van der Waals surface area contributed by atoms with Gasteiger partial charge in [-0.05, 0) is 79.9 Å². The highest BCUT2D eigenvalue weighted by Gasteiger charge is 2.50. The van der Waals surface area contributed by atoms with Crippen LogP contribution in [0.25, 0.3) is 0 Å². The van der Waals surface area contributed by atoms with Gasteiger partial charge in [-0.2, -0.15) is 0 Å². The molecule has 6 rings (SSSR count). The Morgan fingerprint density at radius 3 is 2.38 bits per heavy atom. The SMILES string of the molecule is O=C(CSc1ccc2c(c1)OCCO2)NCC12CC3CC(CC(C3)C1)C2. The van der Waals surface area contributed by atoms with Crippen molar-refractivity contribution in [3.63, 3.8) is 0 Å². The summed E-state index contributed by atoms with van der Waals surface area (Å²) in [5.74, 6) is 5.01. The molecule has 4 nitrogen and oxygen atoms in total. The number of carbonyl (C=O) groups excluding carboxylic acids is 1. The molecule has 0 saturated heterocycles. The molecular weight excluding hydrogens is 346 g/mol. The fourth-order valence-corrected chi connectivity index (χ4v) is 6.86. The van der Waals surface area contributed by atoms with E-state index in [1.807, 2.05) is 18.2 Å². The number of fused-ring (bicyclic) bond motifs is 1. The van der Waals surface area contributed by atoms with Gasteiger partial charge in [-0.15, -0.1) is 11.8 Å². The zero-order valence-corrected chi connectivity index (χ0v) is 16.0. The third kappa shape index (κ3) is 3.30. The van der Waals surface area contributed by atoms with Gasteiger partial charge in [0.05, 0.1) is 5.75 Å². The summed E-state index contributed by atoms with van der Waals surface area (Å²) in [6, 6.07) is 5.92. The van der Waals surface area contributed by atoms with E-state index >= 15 is 0 Å². The van der Waals surface area contributed by atoms with Crippen LogP contribution in [0.3, 0.4) is 0 Å². The lowest BCUT2D eigenvalue weighted by Gasteiger charge is -2.56. The minimum atomic E-state index is 0.153. The summed E-state index contributed by atoms with van der Waals surface area (Å²) in [4.78, 5) is 13.5. The summed E-state index contributed by atoms with van der Waals surface area (Å²) in [6.07, 6.45) is 8.38. The quantitative estimate of drug-likeness (QED) is 0.796. The molecule has 4 fully saturated rings. The summed E-state index contributed by atoms with van der Waals surface area (Å²) in [5.41, 5.74) is 0.409. The smallest absolute Gasteiger partial charge is 0.230 e. The Kier molecular flexibility index (Phi) is 4.30. The van der Waals surface area contributed by atoms with Crippen LogP contribution in [-0.4, -0.2) is 31.4 Å². The average Bonchev–Trinajstić information content (AvgIpc) is 2.63. The van der Waals surface area contributed by atoms with E-state index in [1.54, 1.807) is 11.8 Å². The maximum Gasteiger partial charge on any atom is 0.230 e. The van der Waals surface area contributed by atoms with Crippen LogP contribution in [0, 0.1) is 23.2 Å². The molecular formula is C21H27NO3S. The van der Waals surface area contributed by atoms with E-state index in [0.29, 0.717) is 24.4 Å². The first-order valence-electron chi connectivity index (χ1n) is 9.97. The highest BCUT2D eigenvalue weighted by molar-refractivity contribution is 8.00. The van der Waals surface area contributed by atoms with Gasteiger partial charge in [0.2, 0.25) is 5.91 Å². The Bertz CT molecular complexity index is 669. The minimum Gasteiger partial charge on any atom is -0.486 e. The van der Waals surface area contributed by atoms with Crippen LogP contribution < -0.4 is 14.8 Å². The van der Waals surface area contributed by atoms with Crippen molar-refractivity contribution in [2.45, 2.75) is 43.4 Å². The molecule has 1 aliphatic heterocycles. The van der Waals surface area contributed by atoms with Crippen molar-refractivity contribution >= 4 is 17.7 Å². The molecule has 4 bridgehead atoms. The standard InChI is InChI=1S/C21H27NO3S/c23-20(12-26-17-1-2-18-19(8-17)25-4-3-24-18)22-13-21-9-14-5-15(10-21)7-16(6-14)11-21/h1-2,8,14-16H,3-7,9-13H2,(H,22,23). The van der Waals surface area contributed by atoms with Gasteiger partial charge in [0.25, 0.3) is 0 Å². The lowest BCUT2D eigenvalue weighted by molar-refractivity contribution is -0.120. The number of benzene rings is 1. The first-order chi connectivity index (χ1) is 12.7. The second-order valence-electron chi connectivity index (χ2n) is 8.79. The van der Waals surface area contributed by atoms with Gasteiger partial charge in [-0.1, -0.05) is 0 Å². The molecule has 4 aliphatic carbocycles. The molecule has 0 spiro atoms. The molecule has 1 aromatic carbocycles. The van der Waals surface area contributed by atoms with Gasteiger partial charge in [0, 0.05) is 11.4 Å². The van der Waals surface area contributed by atoms with Gasteiger partial charge in [-0.25, -0.2) is 0 Å². The Hall–Kier alpha value is -1.36. The predicted octanol–water partition coefficient (Wildman–Crippen LogP) is 3.88. The molecule has 0 radical (unpaired) electrons. The van der Waals surface area contributed by atoms with Crippen LogP contribution >= 0.6 is 11.8 Å². The molecule has 0 atom stereocenters. The second kappa shape index (κ2) is 6.66. The number of nitrogens with one attached hydrogen (secondary N) is 1. The van der Waals surface area contributed by atoms with Crippen molar-refractivity contribution < 1.29 is 14.3 Å². The number of amides is 1. The third-order valence-electron chi connectivity index (χ3n) is 6.71. The molecule has 4 saturated carbocycles. The zero-order chi connectivity index (χ0) is 17.6. The Balaban J connectivity index is 1.14. The average molecular weight is 374 g/mol. The van der Waals surface area contributed by atoms with Crippen LogP contribution in [0.5, 0.6) is 11.5 Å². The van der Waals surface area contributed by atoms with Gasteiger partial charge in [-0.3, -0.25) is 4.79 Å². The topological polar surface area (TPSA) is 47.6 Å². The molecule has 26 heavy (non-hydrogen) atoms. The summed E-state index contributed by atoms with van der Waals surface area (Å²) >= 11 is 1.57. The largest absolute Gasteiger partial charge is 0.486 e. The maximum atomic E-state index is 12.4. The molecule has 0 unspecified atom stereocenters. The lowest BCUT2D eigenvalue weighted by Crippen LogP contribution is -2.51. The molecule has 5 heteroatoms. The highest BCUT2D eigenvalue weighted by atomic mass is 32.2. The van der Waals surface area contributed by atoms with Crippen molar-refractivity contribution in [2.24, 2.45) is 23.2 Å². The Labute approximate surface area is 159 Å². The summed E-state index contributed by atoms with van der Waals surface area (Å²) in [5, 5.41) is 3.26. The number of carbonyl (C=O) groups is 1. The van der Waals surface area contributed by atoms with E-state index in [0.717, 1.165) is 40.7 Å². The van der Waals surface area contributed by atoms with Crippen molar-refractivity contribution in [1.82, 2.24) is 5.32 Å². The van der Waals surface area contributed by atoms with Gasteiger partial charge >= 0.3 is 0 Å². The van der Waals surface area contributed by atoms with Crippen LogP contribution in [0.1, 0.15) is 38.5 Å². The maximum absolute atomic E-state index is 12.4. The van der Waals surface area contributed by atoms with Gasteiger partial charge in [0.15, 0.2) is 11.5 Å². The second-order valence-corrected chi connectivity index (χ2v) is 9.84. The molecule has 1 N–H and O–H groups in total. The Morgan fingerprint density at radius 2 is 1.69 bits per heavy atom. The van der Waals surface area contributed by atoms with E-state index in [9.17, 15) is 4.79 Å². The first-order valence-corrected chi connectivity index (χ1v) is 11.0. The highest BCUT2D eigenvalue weighted by Crippen LogP contribution is 2.59. The molecule has 140 valence electrons. The van der Waals surface area contributed by atoms with E-state index in [2.05, 4.69) is 5.32 Å². The molecule has 1 heterocycles. The first kappa shape index (κ1) is 16.8. The van der Waals surface area contributed by atoms with E-state index in [1.165, 1.54) is 38.5 Å². The monoisotopic (exact) mass is 373 g/mol. The lowest BCUT2D eigenvalue weighted by atomic mass is 9.49. The fourth-order valence-electron chi connectivity index (χ4n) is 6.11. The summed E-state index contributed by atoms with van der Waals surface area (Å²) in [7, 11) is 0. The Morgan fingerprint density at radius 1 is 1.04 bits per heavy atom. The van der Waals surface area contributed by atoms with Crippen molar-refractivity contribution in [3.05, 3.63) is 18.2 Å². The molecule has 1 aromatic rings. The van der Waals surface area contributed by atoms with E-state index in [4.69, 9.17) is 9.47 Å². The van der Waals surface area contributed by atoms with E-state index < -0.39 is 0 Å².